The number of nitrogens with zero attached hydrogens (tertiary/aromatic N) is 1. The molecule has 0 bridgehead atoms. The highest BCUT2D eigenvalue weighted by atomic mass is 16.1. The Kier molecular flexibility index (Phi) is 4.30. The second kappa shape index (κ2) is 7.24. The number of carbonyl (C=O) groups excluding carboxylic acids is 1. The maximum Gasteiger partial charge on any atom is 0.252 e. The zero-order valence-electron chi connectivity index (χ0n) is 15.7. The SMILES string of the molecule is O=C(NCc1cc2ccccc2[nH]1)c1cc(-c2ccccc2)nc2ccccc12. The van der Waals surface area contributed by atoms with Crippen LogP contribution in [0.3, 0.4) is 0 Å². The second-order valence-electron chi connectivity index (χ2n) is 7.00. The molecular formula is C25H19N3O. The summed E-state index contributed by atoms with van der Waals surface area (Å²) in [7, 11) is 0. The minimum Gasteiger partial charge on any atom is -0.357 e. The number of hydrogen-bond acceptors (Lipinski definition) is 2. The molecule has 0 spiro atoms. The molecule has 2 aromatic heterocycles. The van der Waals surface area contributed by atoms with E-state index < -0.39 is 0 Å². The molecule has 0 saturated carbocycles. The summed E-state index contributed by atoms with van der Waals surface area (Å²) in [5.74, 6) is -0.112. The summed E-state index contributed by atoms with van der Waals surface area (Å²) in [6, 6.07) is 29.7. The van der Waals surface area contributed by atoms with Crippen molar-refractivity contribution in [2.75, 3.05) is 0 Å². The first-order chi connectivity index (χ1) is 14.3. The van der Waals surface area contributed by atoms with Crippen LogP contribution in [0.5, 0.6) is 0 Å². The highest BCUT2D eigenvalue weighted by molar-refractivity contribution is 6.07. The van der Waals surface area contributed by atoms with E-state index in [1.165, 1.54) is 0 Å². The predicted octanol–water partition coefficient (Wildman–Crippen LogP) is 5.31. The quantitative estimate of drug-likeness (QED) is 0.446. The molecule has 29 heavy (non-hydrogen) atoms. The minimum absolute atomic E-state index is 0.112. The molecule has 0 aliphatic carbocycles. The van der Waals surface area contributed by atoms with Crippen LogP contribution in [0.2, 0.25) is 0 Å². The minimum atomic E-state index is -0.112. The van der Waals surface area contributed by atoms with Gasteiger partial charge in [-0.3, -0.25) is 4.79 Å². The molecule has 140 valence electrons. The van der Waals surface area contributed by atoms with Crippen molar-refractivity contribution in [3.05, 3.63) is 102 Å². The summed E-state index contributed by atoms with van der Waals surface area (Å²) in [6.45, 7) is 0.435. The number of rotatable bonds is 4. The van der Waals surface area contributed by atoms with E-state index in [1.54, 1.807) is 0 Å². The molecule has 0 atom stereocenters. The lowest BCUT2D eigenvalue weighted by molar-refractivity contribution is 0.0952. The number of benzene rings is 3. The summed E-state index contributed by atoms with van der Waals surface area (Å²) in [6.07, 6.45) is 0. The van der Waals surface area contributed by atoms with Crippen molar-refractivity contribution >= 4 is 27.7 Å². The van der Waals surface area contributed by atoms with Gasteiger partial charge in [0.25, 0.3) is 5.91 Å². The van der Waals surface area contributed by atoms with Crippen molar-refractivity contribution in [1.29, 1.82) is 0 Å². The lowest BCUT2D eigenvalue weighted by Crippen LogP contribution is -2.23. The summed E-state index contributed by atoms with van der Waals surface area (Å²) in [5, 5.41) is 5.03. The molecule has 0 aliphatic rings. The van der Waals surface area contributed by atoms with Gasteiger partial charge in [-0.2, -0.15) is 0 Å². The average molecular weight is 377 g/mol. The van der Waals surface area contributed by atoms with Crippen molar-refractivity contribution in [3.63, 3.8) is 0 Å². The number of aromatic amines is 1. The van der Waals surface area contributed by atoms with Gasteiger partial charge in [-0.15, -0.1) is 0 Å². The zero-order valence-corrected chi connectivity index (χ0v) is 15.7. The molecule has 5 rings (SSSR count). The fraction of sp³-hybridized carbons (Fsp3) is 0.0400. The van der Waals surface area contributed by atoms with Crippen LogP contribution < -0.4 is 5.32 Å². The van der Waals surface area contributed by atoms with Crippen LogP contribution in [0.4, 0.5) is 0 Å². The third kappa shape index (κ3) is 3.36. The van der Waals surface area contributed by atoms with Gasteiger partial charge in [0.05, 0.1) is 23.3 Å². The van der Waals surface area contributed by atoms with Crippen molar-refractivity contribution in [2.45, 2.75) is 6.54 Å². The van der Waals surface area contributed by atoms with Gasteiger partial charge in [-0.25, -0.2) is 4.98 Å². The van der Waals surface area contributed by atoms with Crippen LogP contribution in [0.1, 0.15) is 16.1 Å². The third-order valence-electron chi connectivity index (χ3n) is 5.06. The molecule has 5 aromatic rings. The van der Waals surface area contributed by atoms with Crippen LogP contribution in [-0.2, 0) is 6.54 Å². The number of amides is 1. The fourth-order valence-electron chi connectivity index (χ4n) is 3.62. The molecule has 4 heteroatoms. The second-order valence-corrected chi connectivity index (χ2v) is 7.00. The topological polar surface area (TPSA) is 57.8 Å². The van der Waals surface area contributed by atoms with Gasteiger partial charge in [0.15, 0.2) is 0 Å². The number of carbonyl (C=O) groups is 1. The number of nitrogens with one attached hydrogen (secondary N) is 2. The number of pyridine rings is 1. The number of fused-ring (bicyclic) bond motifs is 2. The van der Waals surface area contributed by atoms with E-state index in [2.05, 4.69) is 22.4 Å². The van der Waals surface area contributed by atoms with Crippen molar-refractivity contribution in [3.8, 4) is 11.3 Å². The van der Waals surface area contributed by atoms with Crippen molar-refractivity contribution < 1.29 is 4.79 Å². The molecule has 2 heterocycles. The van der Waals surface area contributed by atoms with Gasteiger partial charge in [0, 0.05) is 22.2 Å². The van der Waals surface area contributed by atoms with E-state index in [0.717, 1.165) is 38.8 Å². The van der Waals surface area contributed by atoms with Gasteiger partial charge in [0.1, 0.15) is 0 Å². The van der Waals surface area contributed by atoms with E-state index in [1.807, 2.05) is 78.9 Å². The smallest absolute Gasteiger partial charge is 0.252 e. The number of hydrogen-bond donors (Lipinski definition) is 2. The van der Waals surface area contributed by atoms with E-state index in [0.29, 0.717) is 12.1 Å². The highest BCUT2D eigenvalue weighted by Gasteiger charge is 2.14. The maximum absolute atomic E-state index is 13.1. The van der Waals surface area contributed by atoms with E-state index in [9.17, 15) is 4.79 Å². The van der Waals surface area contributed by atoms with Gasteiger partial charge >= 0.3 is 0 Å². The Morgan fingerprint density at radius 2 is 1.62 bits per heavy atom. The van der Waals surface area contributed by atoms with Crippen LogP contribution in [0, 0.1) is 0 Å². The Bertz CT molecular complexity index is 1290. The lowest BCUT2D eigenvalue weighted by Gasteiger charge is -2.10. The predicted molar refractivity (Wildman–Crippen MR) is 117 cm³/mol. The molecule has 0 aliphatic heterocycles. The normalized spacial score (nSPS) is 11.0. The van der Waals surface area contributed by atoms with Crippen molar-refractivity contribution in [1.82, 2.24) is 15.3 Å². The number of para-hydroxylation sites is 2. The summed E-state index contributed by atoms with van der Waals surface area (Å²) in [4.78, 5) is 21.2. The molecule has 4 nitrogen and oxygen atoms in total. The van der Waals surface area contributed by atoms with Crippen LogP contribution >= 0.6 is 0 Å². The van der Waals surface area contributed by atoms with Crippen LogP contribution in [-0.4, -0.2) is 15.9 Å². The standard InChI is InChI=1S/C25H19N3O/c29-25(26-16-19-14-18-10-4-6-12-22(18)27-19)21-15-24(17-8-2-1-3-9-17)28-23-13-7-5-11-20(21)23/h1-15,27H,16H2,(H,26,29). The molecule has 1 amide bonds. The Morgan fingerprint density at radius 1 is 0.862 bits per heavy atom. The van der Waals surface area contributed by atoms with E-state index >= 15 is 0 Å². The summed E-state index contributed by atoms with van der Waals surface area (Å²) in [5.41, 5.74) is 5.26. The molecule has 0 saturated heterocycles. The molecular weight excluding hydrogens is 358 g/mol. The first-order valence-electron chi connectivity index (χ1n) is 9.58. The average Bonchev–Trinajstić information content (AvgIpc) is 3.20. The van der Waals surface area contributed by atoms with Gasteiger partial charge < -0.3 is 10.3 Å². The Hall–Kier alpha value is -3.92. The Labute approximate surface area is 168 Å². The largest absolute Gasteiger partial charge is 0.357 e. The first-order valence-corrected chi connectivity index (χ1v) is 9.58. The molecule has 0 radical (unpaired) electrons. The Morgan fingerprint density at radius 3 is 2.48 bits per heavy atom. The van der Waals surface area contributed by atoms with E-state index in [-0.39, 0.29) is 5.91 Å². The molecule has 3 aromatic carbocycles. The van der Waals surface area contributed by atoms with Gasteiger partial charge in [-0.05, 0) is 29.7 Å². The highest BCUT2D eigenvalue weighted by Crippen LogP contribution is 2.25. The van der Waals surface area contributed by atoms with Crippen molar-refractivity contribution in [2.24, 2.45) is 0 Å². The number of H-pyrrole nitrogens is 1. The van der Waals surface area contributed by atoms with Gasteiger partial charge in [-0.1, -0.05) is 66.7 Å². The maximum atomic E-state index is 13.1. The van der Waals surface area contributed by atoms with Gasteiger partial charge in [0.2, 0.25) is 0 Å². The van der Waals surface area contributed by atoms with E-state index in [4.69, 9.17) is 4.98 Å². The van der Waals surface area contributed by atoms with Crippen LogP contribution in [0.25, 0.3) is 33.1 Å². The molecule has 0 unspecified atom stereocenters. The summed E-state index contributed by atoms with van der Waals surface area (Å²) < 4.78 is 0. The summed E-state index contributed by atoms with van der Waals surface area (Å²) >= 11 is 0. The lowest BCUT2D eigenvalue weighted by atomic mass is 10.0. The monoisotopic (exact) mass is 377 g/mol. The first kappa shape index (κ1) is 17.2. The Balaban J connectivity index is 1.48. The fourth-order valence-corrected chi connectivity index (χ4v) is 3.62. The molecule has 2 N–H and O–H groups in total. The number of aromatic nitrogens is 2. The molecule has 0 fully saturated rings. The zero-order chi connectivity index (χ0) is 19.6. The third-order valence-corrected chi connectivity index (χ3v) is 5.06. The van der Waals surface area contributed by atoms with Crippen LogP contribution in [0.15, 0.2) is 91.0 Å².